The van der Waals surface area contributed by atoms with Crippen LogP contribution in [0, 0.1) is 5.82 Å². The van der Waals surface area contributed by atoms with Gasteiger partial charge in [-0.25, -0.2) is 14.2 Å². The van der Waals surface area contributed by atoms with Crippen LogP contribution in [0.25, 0.3) is 6.08 Å². The largest absolute Gasteiger partial charge is 0.489 e. The van der Waals surface area contributed by atoms with Gasteiger partial charge in [0.25, 0.3) is 0 Å². The maximum Gasteiger partial charge on any atom is 0.363 e. The van der Waals surface area contributed by atoms with E-state index < -0.39 is 5.97 Å². The van der Waals surface area contributed by atoms with Crippen molar-refractivity contribution in [1.29, 1.82) is 0 Å². The summed E-state index contributed by atoms with van der Waals surface area (Å²) in [6.45, 7) is 6.06. The Morgan fingerprint density at radius 3 is 2.68 bits per heavy atom. The standard InChI is InChI=1S/C20H16FNO3/c1-13(2)12-24-18-6-4-3-5-15(18)11-17-20(23)25-19(22-17)14-7-9-16(21)10-8-14/h3-11H,1,12H2,2H3/b17-11+. The first-order valence-corrected chi connectivity index (χ1v) is 7.67. The number of esters is 1. The summed E-state index contributed by atoms with van der Waals surface area (Å²) in [5.41, 5.74) is 2.29. The third-order valence-corrected chi connectivity index (χ3v) is 3.40. The van der Waals surface area contributed by atoms with E-state index in [1.807, 2.05) is 25.1 Å². The highest BCUT2D eigenvalue weighted by Crippen LogP contribution is 2.25. The number of hydrogen-bond donors (Lipinski definition) is 0. The second kappa shape index (κ2) is 7.13. The Kier molecular flexibility index (Phi) is 4.75. The highest BCUT2D eigenvalue weighted by Gasteiger charge is 2.24. The Morgan fingerprint density at radius 2 is 1.96 bits per heavy atom. The lowest BCUT2D eigenvalue weighted by molar-refractivity contribution is -0.129. The Balaban J connectivity index is 1.89. The highest BCUT2D eigenvalue weighted by atomic mass is 19.1. The molecule has 0 aliphatic carbocycles. The van der Waals surface area contributed by atoms with Gasteiger partial charge in [-0.05, 0) is 48.9 Å². The number of carbonyl (C=O) groups is 1. The van der Waals surface area contributed by atoms with Crippen molar-refractivity contribution in [2.24, 2.45) is 4.99 Å². The molecule has 0 saturated heterocycles. The van der Waals surface area contributed by atoms with Crippen LogP contribution in [0.1, 0.15) is 18.1 Å². The molecule has 2 aromatic carbocycles. The fraction of sp³-hybridized carbons (Fsp3) is 0.100. The average molecular weight is 337 g/mol. The third-order valence-electron chi connectivity index (χ3n) is 3.40. The van der Waals surface area contributed by atoms with E-state index in [1.165, 1.54) is 24.3 Å². The summed E-state index contributed by atoms with van der Waals surface area (Å²) in [6, 6.07) is 12.9. The van der Waals surface area contributed by atoms with Crippen molar-refractivity contribution >= 4 is 17.9 Å². The molecule has 1 heterocycles. The Morgan fingerprint density at radius 1 is 1.24 bits per heavy atom. The van der Waals surface area contributed by atoms with E-state index >= 15 is 0 Å². The highest BCUT2D eigenvalue weighted by molar-refractivity contribution is 6.12. The van der Waals surface area contributed by atoms with Gasteiger partial charge in [-0.2, -0.15) is 0 Å². The lowest BCUT2D eigenvalue weighted by atomic mass is 10.1. The second-order valence-corrected chi connectivity index (χ2v) is 5.63. The molecule has 4 nitrogen and oxygen atoms in total. The molecule has 25 heavy (non-hydrogen) atoms. The summed E-state index contributed by atoms with van der Waals surface area (Å²) in [6.07, 6.45) is 1.60. The molecule has 1 aliphatic heterocycles. The quantitative estimate of drug-likeness (QED) is 0.468. The number of hydrogen-bond acceptors (Lipinski definition) is 4. The van der Waals surface area contributed by atoms with Gasteiger partial charge in [-0.3, -0.25) is 0 Å². The fourth-order valence-electron chi connectivity index (χ4n) is 2.20. The zero-order valence-electron chi connectivity index (χ0n) is 13.7. The lowest BCUT2D eigenvalue weighted by Crippen LogP contribution is -2.05. The van der Waals surface area contributed by atoms with Gasteiger partial charge < -0.3 is 9.47 Å². The molecule has 0 amide bonds. The van der Waals surface area contributed by atoms with E-state index in [0.717, 1.165) is 5.57 Å². The summed E-state index contributed by atoms with van der Waals surface area (Å²) >= 11 is 0. The van der Waals surface area contributed by atoms with Crippen LogP contribution >= 0.6 is 0 Å². The number of aliphatic imine (C=N–C) groups is 1. The van der Waals surface area contributed by atoms with Gasteiger partial charge in [0.1, 0.15) is 18.2 Å². The number of carbonyl (C=O) groups excluding carboxylic acids is 1. The van der Waals surface area contributed by atoms with Crippen molar-refractivity contribution in [1.82, 2.24) is 0 Å². The van der Waals surface area contributed by atoms with Gasteiger partial charge in [-0.1, -0.05) is 24.8 Å². The molecule has 0 aromatic heterocycles. The molecule has 0 saturated carbocycles. The van der Waals surface area contributed by atoms with E-state index in [4.69, 9.17) is 9.47 Å². The monoisotopic (exact) mass is 337 g/mol. The smallest absolute Gasteiger partial charge is 0.363 e. The minimum absolute atomic E-state index is 0.150. The second-order valence-electron chi connectivity index (χ2n) is 5.63. The molecule has 0 bridgehead atoms. The Bertz CT molecular complexity index is 882. The van der Waals surface area contributed by atoms with E-state index in [0.29, 0.717) is 23.5 Å². The molecule has 0 spiro atoms. The molecule has 0 atom stereocenters. The molecular formula is C20H16FNO3. The molecule has 0 N–H and O–H groups in total. The molecule has 5 heteroatoms. The van der Waals surface area contributed by atoms with Crippen LogP contribution in [0.15, 0.2) is 71.4 Å². The average Bonchev–Trinajstić information content (AvgIpc) is 2.95. The van der Waals surface area contributed by atoms with Gasteiger partial charge in [-0.15, -0.1) is 0 Å². The van der Waals surface area contributed by atoms with Crippen LogP contribution in [0.4, 0.5) is 4.39 Å². The minimum Gasteiger partial charge on any atom is -0.489 e. The number of nitrogens with zero attached hydrogens (tertiary/aromatic N) is 1. The molecule has 2 aromatic rings. The van der Waals surface area contributed by atoms with E-state index in [9.17, 15) is 9.18 Å². The number of rotatable bonds is 5. The van der Waals surface area contributed by atoms with Crippen molar-refractivity contribution in [2.45, 2.75) is 6.92 Å². The van der Waals surface area contributed by atoms with Crippen molar-refractivity contribution in [3.8, 4) is 5.75 Å². The molecular weight excluding hydrogens is 321 g/mol. The van der Waals surface area contributed by atoms with Crippen LogP contribution in [0.2, 0.25) is 0 Å². The maximum absolute atomic E-state index is 13.0. The molecule has 0 radical (unpaired) electrons. The van der Waals surface area contributed by atoms with Gasteiger partial charge >= 0.3 is 5.97 Å². The van der Waals surface area contributed by atoms with Gasteiger partial charge in [0, 0.05) is 11.1 Å². The van der Waals surface area contributed by atoms with E-state index in [1.54, 1.807) is 12.1 Å². The van der Waals surface area contributed by atoms with Crippen molar-refractivity contribution in [2.75, 3.05) is 6.61 Å². The summed E-state index contributed by atoms with van der Waals surface area (Å²) in [5.74, 6) is -0.158. The van der Waals surface area contributed by atoms with Crippen molar-refractivity contribution < 1.29 is 18.7 Å². The van der Waals surface area contributed by atoms with Crippen LogP contribution in [0.5, 0.6) is 5.75 Å². The van der Waals surface area contributed by atoms with E-state index in [2.05, 4.69) is 11.6 Å². The molecule has 126 valence electrons. The summed E-state index contributed by atoms with van der Waals surface area (Å²) in [4.78, 5) is 16.3. The summed E-state index contributed by atoms with van der Waals surface area (Å²) < 4.78 is 23.9. The van der Waals surface area contributed by atoms with Crippen LogP contribution in [-0.4, -0.2) is 18.5 Å². The fourth-order valence-corrected chi connectivity index (χ4v) is 2.20. The molecule has 3 rings (SSSR count). The van der Waals surface area contributed by atoms with Gasteiger partial charge in [0.15, 0.2) is 5.70 Å². The van der Waals surface area contributed by atoms with Gasteiger partial charge in [0.2, 0.25) is 5.90 Å². The zero-order valence-corrected chi connectivity index (χ0v) is 13.7. The number of ether oxygens (including phenoxy) is 2. The predicted molar refractivity (Wildman–Crippen MR) is 93.8 cm³/mol. The third kappa shape index (κ3) is 4.01. The topological polar surface area (TPSA) is 47.9 Å². The number of benzene rings is 2. The normalized spacial score (nSPS) is 15.0. The first kappa shape index (κ1) is 16.6. The Labute approximate surface area is 144 Å². The molecule has 0 unspecified atom stereocenters. The van der Waals surface area contributed by atoms with Gasteiger partial charge in [0.05, 0.1) is 0 Å². The molecule has 0 fully saturated rings. The minimum atomic E-state index is -0.561. The number of halogens is 1. The maximum atomic E-state index is 13.0. The van der Waals surface area contributed by atoms with Crippen LogP contribution in [-0.2, 0) is 9.53 Å². The van der Waals surface area contributed by atoms with Crippen LogP contribution < -0.4 is 4.74 Å². The lowest BCUT2D eigenvalue weighted by Gasteiger charge is -2.08. The first-order chi connectivity index (χ1) is 12.0. The number of para-hydroxylation sites is 1. The van der Waals surface area contributed by atoms with Crippen molar-refractivity contribution in [3.63, 3.8) is 0 Å². The predicted octanol–water partition coefficient (Wildman–Crippen LogP) is 4.13. The summed E-state index contributed by atoms with van der Waals surface area (Å²) in [7, 11) is 0. The van der Waals surface area contributed by atoms with Crippen LogP contribution in [0.3, 0.4) is 0 Å². The SMILES string of the molecule is C=C(C)COc1ccccc1/C=C1/N=C(c2ccc(F)cc2)OC1=O. The zero-order chi connectivity index (χ0) is 17.8. The van der Waals surface area contributed by atoms with Crippen molar-refractivity contribution in [3.05, 3.63) is 83.3 Å². The molecule has 1 aliphatic rings. The first-order valence-electron chi connectivity index (χ1n) is 7.67. The van der Waals surface area contributed by atoms with E-state index in [-0.39, 0.29) is 17.4 Å². The Hall–Kier alpha value is -3.21. The summed E-state index contributed by atoms with van der Waals surface area (Å²) in [5, 5.41) is 0. The number of cyclic esters (lactones) is 1.